The first-order valence-electron chi connectivity index (χ1n) is 5.52. The maximum Gasteiger partial charge on any atom is 0.404 e. The number of nitrogens with one attached hydrogen (secondary N) is 2. The van der Waals surface area contributed by atoms with Gasteiger partial charge in [-0.3, -0.25) is 0 Å². The SMILES string of the molecule is O=C(O)NCCCCCNS(=O)(=O)c1cccs1. The standard InChI is InChI=1S/C10H16N2O4S2/c13-10(14)11-6-2-1-3-7-12-18(15,16)9-5-4-8-17-9/h4-5,8,11-12H,1-3,6-7H2,(H,13,14). The summed E-state index contributed by atoms with van der Waals surface area (Å²) < 4.78 is 26.2. The highest BCUT2D eigenvalue weighted by Crippen LogP contribution is 2.15. The van der Waals surface area contributed by atoms with Gasteiger partial charge in [-0.15, -0.1) is 11.3 Å². The van der Waals surface area contributed by atoms with Crippen molar-refractivity contribution in [2.45, 2.75) is 23.5 Å². The molecule has 1 aromatic rings. The summed E-state index contributed by atoms with van der Waals surface area (Å²) in [5.41, 5.74) is 0. The topological polar surface area (TPSA) is 95.5 Å². The normalized spacial score (nSPS) is 11.3. The number of carbonyl (C=O) groups is 1. The van der Waals surface area contributed by atoms with Crippen molar-refractivity contribution in [1.29, 1.82) is 0 Å². The maximum atomic E-state index is 11.7. The maximum absolute atomic E-state index is 11.7. The van der Waals surface area contributed by atoms with E-state index in [0.717, 1.165) is 6.42 Å². The lowest BCUT2D eigenvalue weighted by molar-refractivity contribution is 0.194. The minimum atomic E-state index is -3.36. The molecular formula is C10H16N2O4S2. The first-order valence-corrected chi connectivity index (χ1v) is 7.88. The first kappa shape index (κ1) is 14.9. The van der Waals surface area contributed by atoms with E-state index in [1.165, 1.54) is 11.3 Å². The van der Waals surface area contributed by atoms with Gasteiger partial charge in [-0.25, -0.2) is 17.9 Å². The number of carboxylic acid groups (broad SMARTS) is 1. The van der Waals surface area contributed by atoms with Crippen molar-refractivity contribution in [1.82, 2.24) is 10.0 Å². The molecule has 1 heterocycles. The second-order valence-corrected chi connectivity index (χ2v) is 6.56. The van der Waals surface area contributed by atoms with Gasteiger partial charge in [0.25, 0.3) is 0 Å². The second-order valence-electron chi connectivity index (χ2n) is 3.62. The highest BCUT2D eigenvalue weighted by atomic mass is 32.2. The van der Waals surface area contributed by atoms with Gasteiger partial charge in [0, 0.05) is 13.1 Å². The van der Waals surface area contributed by atoms with Crippen LogP contribution < -0.4 is 10.0 Å². The summed E-state index contributed by atoms with van der Waals surface area (Å²) >= 11 is 1.18. The molecule has 18 heavy (non-hydrogen) atoms. The molecular weight excluding hydrogens is 276 g/mol. The molecule has 1 aromatic heterocycles. The smallest absolute Gasteiger partial charge is 0.404 e. The molecule has 1 rings (SSSR count). The molecule has 0 saturated heterocycles. The Balaban J connectivity index is 2.13. The Morgan fingerprint density at radius 1 is 1.28 bits per heavy atom. The fourth-order valence-corrected chi connectivity index (χ4v) is 3.43. The zero-order valence-corrected chi connectivity index (χ0v) is 11.4. The molecule has 0 unspecified atom stereocenters. The molecule has 0 bridgehead atoms. The summed E-state index contributed by atoms with van der Waals surface area (Å²) in [6, 6.07) is 3.25. The molecule has 0 aromatic carbocycles. The molecule has 0 aliphatic heterocycles. The van der Waals surface area contributed by atoms with Gasteiger partial charge < -0.3 is 10.4 Å². The highest BCUT2D eigenvalue weighted by Gasteiger charge is 2.13. The van der Waals surface area contributed by atoms with Crippen LogP contribution in [0.15, 0.2) is 21.7 Å². The molecule has 0 atom stereocenters. The molecule has 0 saturated carbocycles. The monoisotopic (exact) mass is 292 g/mol. The summed E-state index contributed by atoms with van der Waals surface area (Å²) in [6.45, 7) is 0.764. The molecule has 102 valence electrons. The second kappa shape index (κ2) is 7.34. The number of rotatable bonds is 8. The van der Waals surface area contributed by atoms with Crippen molar-refractivity contribution in [3.63, 3.8) is 0 Å². The van der Waals surface area contributed by atoms with E-state index in [2.05, 4.69) is 10.0 Å². The summed E-state index contributed by atoms with van der Waals surface area (Å²) in [5, 5.41) is 12.3. The Morgan fingerprint density at radius 2 is 2.00 bits per heavy atom. The fraction of sp³-hybridized carbons (Fsp3) is 0.500. The Bertz CT molecular complexity index is 456. The average molecular weight is 292 g/mol. The Labute approximate surface area is 110 Å². The molecule has 6 nitrogen and oxygen atoms in total. The van der Waals surface area contributed by atoms with E-state index in [4.69, 9.17) is 5.11 Å². The zero-order valence-electron chi connectivity index (χ0n) is 9.76. The minimum absolute atomic E-state index is 0.315. The molecule has 0 spiro atoms. The Kier molecular flexibility index (Phi) is 6.10. The number of hydrogen-bond donors (Lipinski definition) is 3. The van der Waals surface area contributed by atoms with Crippen LogP contribution in [0.4, 0.5) is 4.79 Å². The van der Waals surface area contributed by atoms with Crippen LogP contribution in [-0.2, 0) is 10.0 Å². The third kappa shape index (κ3) is 5.48. The van der Waals surface area contributed by atoms with E-state index in [1.807, 2.05) is 0 Å². The Hall–Kier alpha value is -1.12. The van der Waals surface area contributed by atoms with E-state index >= 15 is 0 Å². The minimum Gasteiger partial charge on any atom is -0.465 e. The average Bonchev–Trinajstić information content (AvgIpc) is 2.81. The van der Waals surface area contributed by atoms with Crippen LogP contribution >= 0.6 is 11.3 Å². The van der Waals surface area contributed by atoms with Gasteiger partial charge in [0.05, 0.1) is 0 Å². The third-order valence-electron chi connectivity index (χ3n) is 2.18. The largest absolute Gasteiger partial charge is 0.465 e. The molecule has 1 amide bonds. The number of sulfonamides is 1. The van der Waals surface area contributed by atoms with Crippen LogP contribution in [0.25, 0.3) is 0 Å². The summed E-state index contributed by atoms with van der Waals surface area (Å²) in [5.74, 6) is 0. The van der Waals surface area contributed by atoms with Crippen LogP contribution in [-0.4, -0.2) is 32.7 Å². The van der Waals surface area contributed by atoms with Gasteiger partial charge in [-0.05, 0) is 24.3 Å². The van der Waals surface area contributed by atoms with E-state index in [-0.39, 0.29) is 0 Å². The number of unbranched alkanes of at least 4 members (excludes halogenated alkanes) is 2. The molecule has 0 aliphatic carbocycles. The molecule has 8 heteroatoms. The quantitative estimate of drug-likeness (QED) is 0.632. The van der Waals surface area contributed by atoms with E-state index in [0.29, 0.717) is 30.1 Å². The fourth-order valence-electron chi connectivity index (χ4n) is 1.32. The summed E-state index contributed by atoms with van der Waals surface area (Å²) in [4.78, 5) is 10.1. The van der Waals surface area contributed by atoms with Crippen molar-refractivity contribution in [3.8, 4) is 0 Å². The van der Waals surface area contributed by atoms with Gasteiger partial charge in [-0.1, -0.05) is 12.5 Å². The van der Waals surface area contributed by atoms with Crippen molar-refractivity contribution >= 4 is 27.5 Å². The van der Waals surface area contributed by atoms with E-state index in [1.54, 1.807) is 17.5 Å². The van der Waals surface area contributed by atoms with Crippen LogP contribution in [0.5, 0.6) is 0 Å². The van der Waals surface area contributed by atoms with Crippen LogP contribution in [0.1, 0.15) is 19.3 Å². The van der Waals surface area contributed by atoms with Crippen molar-refractivity contribution < 1.29 is 18.3 Å². The summed E-state index contributed by atoms with van der Waals surface area (Å²) in [7, 11) is -3.36. The number of thiophene rings is 1. The molecule has 3 N–H and O–H groups in total. The molecule has 0 fully saturated rings. The first-order chi connectivity index (χ1) is 8.52. The van der Waals surface area contributed by atoms with Gasteiger partial charge in [-0.2, -0.15) is 0 Å². The van der Waals surface area contributed by atoms with Crippen molar-refractivity contribution in [2.24, 2.45) is 0 Å². The highest BCUT2D eigenvalue weighted by molar-refractivity contribution is 7.91. The van der Waals surface area contributed by atoms with Crippen molar-refractivity contribution in [3.05, 3.63) is 17.5 Å². The van der Waals surface area contributed by atoms with Gasteiger partial charge in [0.15, 0.2) is 0 Å². The molecule has 0 radical (unpaired) electrons. The summed E-state index contributed by atoms with van der Waals surface area (Å²) in [6.07, 6.45) is 1.13. The number of hydrogen-bond acceptors (Lipinski definition) is 4. The number of amides is 1. The Morgan fingerprint density at radius 3 is 2.61 bits per heavy atom. The van der Waals surface area contributed by atoms with Crippen molar-refractivity contribution in [2.75, 3.05) is 13.1 Å². The lowest BCUT2D eigenvalue weighted by atomic mass is 10.2. The predicted octanol–water partition coefficient (Wildman–Crippen LogP) is 1.46. The third-order valence-corrected chi connectivity index (χ3v) is 5.04. The van der Waals surface area contributed by atoms with Crippen LogP contribution in [0.2, 0.25) is 0 Å². The lowest BCUT2D eigenvalue weighted by Crippen LogP contribution is -2.24. The lowest BCUT2D eigenvalue weighted by Gasteiger charge is -2.04. The van der Waals surface area contributed by atoms with Crippen LogP contribution in [0.3, 0.4) is 0 Å². The van der Waals surface area contributed by atoms with Crippen LogP contribution in [0, 0.1) is 0 Å². The predicted molar refractivity (Wildman–Crippen MR) is 69.4 cm³/mol. The zero-order chi connectivity index (χ0) is 13.4. The van der Waals surface area contributed by atoms with Gasteiger partial charge in [0.2, 0.25) is 10.0 Å². The van der Waals surface area contributed by atoms with E-state index < -0.39 is 16.1 Å². The van der Waals surface area contributed by atoms with Gasteiger partial charge in [0.1, 0.15) is 4.21 Å². The van der Waals surface area contributed by atoms with Gasteiger partial charge >= 0.3 is 6.09 Å². The van der Waals surface area contributed by atoms with E-state index in [9.17, 15) is 13.2 Å². The molecule has 0 aliphatic rings.